The molecular formula is C17H19NO2S. The summed E-state index contributed by atoms with van der Waals surface area (Å²) in [6.45, 7) is 3.01. The van der Waals surface area contributed by atoms with E-state index in [-0.39, 0.29) is 0 Å². The second-order valence-corrected chi connectivity index (χ2v) is 7.18. The van der Waals surface area contributed by atoms with Crippen molar-refractivity contribution in [3.05, 3.63) is 48.5 Å². The van der Waals surface area contributed by atoms with E-state index in [2.05, 4.69) is 11.8 Å². The van der Waals surface area contributed by atoms with Crippen LogP contribution in [-0.4, -0.2) is 15.0 Å². The van der Waals surface area contributed by atoms with Crippen molar-refractivity contribution >= 4 is 21.2 Å². The molecule has 0 saturated carbocycles. The normalized spacial score (nSPS) is 15.4. The van der Waals surface area contributed by atoms with Gasteiger partial charge in [-0.25, -0.2) is 8.42 Å². The first-order valence-corrected chi connectivity index (χ1v) is 8.85. The second-order valence-electron chi connectivity index (χ2n) is 5.30. The van der Waals surface area contributed by atoms with Crippen molar-refractivity contribution in [3.8, 4) is 0 Å². The van der Waals surface area contributed by atoms with Gasteiger partial charge in [0.15, 0.2) is 0 Å². The first kappa shape index (κ1) is 14.1. The molecule has 0 radical (unpaired) electrons. The van der Waals surface area contributed by atoms with Crippen molar-refractivity contribution < 1.29 is 8.42 Å². The lowest BCUT2D eigenvalue weighted by Gasteiger charge is -2.32. The lowest BCUT2D eigenvalue weighted by molar-refractivity contribution is 0.593. The first-order valence-electron chi connectivity index (χ1n) is 7.37. The van der Waals surface area contributed by atoms with Gasteiger partial charge in [-0.3, -0.25) is 0 Å². The van der Waals surface area contributed by atoms with Gasteiger partial charge in [0.25, 0.3) is 0 Å². The third-order valence-corrected chi connectivity index (χ3v) is 5.72. The van der Waals surface area contributed by atoms with E-state index in [1.165, 1.54) is 0 Å². The van der Waals surface area contributed by atoms with E-state index in [9.17, 15) is 8.42 Å². The Balaban J connectivity index is 2.14. The zero-order valence-corrected chi connectivity index (χ0v) is 12.9. The lowest BCUT2D eigenvalue weighted by Crippen LogP contribution is -2.26. The molecular weight excluding hydrogens is 282 g/mol. The van der Waals surface area contributed by atoms with Crippen molar-refractivity contribution in [1.29, 1.82) is 0 Å². The molecule has 0 aliphatic carbocycles. The van der Waals surface area contributed by atoms with Gasteiger partial charge in [0.05, 0.1) is 21.2 Å². The smallest absolute Gasteiger partial charge is 0.210 e. The van der Waals surface area contributed by atoms with Crippen LogP contribution in [0.25, 0.3) is 0 Å². The van der Waals surface area contributed by atoms with Crippen LogP contribution in [0.1, 0.15) is 26.2 Å². The summed E-state index contributed by atoms with van der Waals surface area (Å²) >= 11 is 0. The lowest BCUT2D eigenvalue weighted by atomic mass is 10.2. The Kier molecular flexibility index (Phi) is 3.72. The summed E-state index contributed by atoms with van der Waals surface area (Å²) in [4.78, 5) is 2.97. The van der Waals surface area contributed by atoms with Crippen molar-refractivity contribution in [2.45, 2.75) is 36.0 Å². The molecule has 0 fully saturated rings. The minimum Gasteiger partial charge on any atom is -0.339 e. The predicted molar refractivity (Wildman–Crippen MR) is 84.9 cm³/mol. The van der Waals surface area contributed by atoms with E-state index >= 15 is 0 Å². The third kappa shape index (κ3) is 2.33. The maximum absolute atomic E-state index is 12.7. The average molecular weight is 301 g/mol. The molecule has 4 heteroatoms. The van der Waals surface area contributed by atoms with Crippen LogP contribution < -0.4 is 4.90 Å². The van der Waals surface area contributed by atoms with E-state index in [0.29, 0.717) is 9.79 Å². The van der Waals surface area contributed by atoms with Gasteiger partial charge in [0, 0.05) is 6.54 Å². The summed E-state index contributed by atoms with van der Waals surface area (Å²) in [5, 5.41) is 0. The number of benzene rings is 2. The van der Waals surface area contributed by atoms with Crippen LogP contribution in [0.4, 0.5) is 11.4 Å². The van der Waals surface area contributed by atoms with Crippen molar-refractivity contribution in [3.63, 3.8) is 0 Å². The first-order chi connectivity index (χ1) is 10.2. The molecule has 0 amide bonds. The molecule has 0 aromatic heterocycles. The van der Waals surface area contributed by atoms with Gasteiger partial charge >= 0.3 is 0 Å². The van der Waals surface area contributed by atoms with Gasteiger partial charge in [-0.05, 0) is 30.7 Å². The van der Waals surface area contributed by atoms with Crippen LogP contribution in [0.2, 0.25) is 0 Å². The van der Waals surface area contributed by atoms with E-state index in [1.807, 2.05) is 24.3 Å². The Hall–Kier alpha value is -1.81. The number of hydrogen-bond acceptors (Lipinski definition) is 3. The highest BCUT2D eigenvalue weighted by Crippen LogP contribution is 2.43. The van der Waals surface area contributed by atoms with Gasteiger partial charge in [-0.15, -0.1) is 0 Å². The fourth-order valence-corrected chi connectivity index (χ4v) is 4.48. The summed E-state index contributed by atoms with van der Waals surface area (Å²) in [6.07, 6.45) is 3.35. The molecule has 1 aliphatic rings. The van der Waals surface area contributed by atoms with Crippen molar-refractivity contribution in [2.24, 2.45) is 0 Å². The molecule has 3 rings (SSSR count). The van der Waals surface area contributed by atoms with Gasteiger partial charge in [-0.2, -0.15) is 0 Å². The summed E-state index contributed by atoms with van der Waals surface area (Å²) in [5.41, 5.74) is 1.60. The van der Waals surface area contributed by atoms with Crippen LogP contribution in [0, 0.1) is 0 Å². The fourth-order valence-electron chi connectivity index (χ4n) is 2.82. The standard InChI is InChI=1S/C17H19NO2S/c1-2-3-8-13-18-14-9-4-6-11-16(14)21(19,20)17-12-7-5-10-15(17)18/h4-7,9-12H,2-3,8,13H2,1H3. The highest BCUT2D eigenvalue weighted by molar-refractivity contribution is 7.92. The molecule has 21 heavy (non-hydrogen) atoms. The molecule has 2 aromatic rings. The largest absolute Gasteiger partial charge is 0.339 e. The maximum atomic E-state index is 12.7. The fraction of sp³-hybridized carbons (Fsp3) is 0.294. The number of para-hydroxylation sites is 2. The molecule has 0 N–H and O–H groups in total. The number of nitrogens with zero attached hydrogens (tertiary/aromatic N) is 1. The number of fused-ring (bicyclic) bond motifs is 2. The monoisotopic (exact) mass is 301 g/mol. The SMILES string of the molecule is CCCCCN1c2ccccc2S(=O)(=O)c2ccccc21. The van der Waals surface area contributed by atoms with Crippen LogP contribution in [-0.2, 0) is 9.84 Å². The molecule has 0 unspecified atom stereocenters. The van der Waals surface area contributed by atoms with Crippen LogP contribution in [0.5, 0.6) is 0 Å². The van der Waals surface area contributed by atoms with E-state index in [4.69, 9.17) is 0 Å². The van der Waals surface area contributed by atoms with Gasteiger partial charge in [0.2, 0.25) is 9.84 Å². The van der Waals surface area contributed by atoms with Gasteiger partial charge in [0.1, 0.15) is 0 Å². The minimum absolute atomic E-state index is 0.417. The number of hydrogen-bond donors (Lipinski definition) is 0. The summed E-state index contributed by atoms with van der Waals surface area (Å²) in [5.74, 6) is 0. The molecule has 0 spiro atoms. The Morgan fingerprint density at radius 1 is 0.857 bits per heavy atom. The Labute approximate surface area is 126 Å². The van der Waals surface area contributed by atoms with Crippen LogP contribution in [0.15, 0.2) is 58.3 Å². The molecule has 1 aliphatic heterocycles. The van der Waals surface area contributed by atoms with E-state index < -0.39 is 9.84 Å². The molecule has 2 aromatic carbocycles. The maximum Gasteiger partial charge on any atom is 0.210 e. The summed E-state index contributed by atoms with van der Waals surface area (Å²) in [6, 6.07) is 14.6. The average Bonchev–Trinajstić information content (AvgIpc) is 2.51. The van der Waals surface area contributed by atoms with Crippen LogP contribution in [0.3, 0.4) is 0 Å². The molecule has 0 bridgehead atoms. The zero-order valence-electron chi connectivity index (χ0n) is 12.1. The summed E-state index contributed by atoms with van der Waals surface area (Å²) < 4.78 is 25.5. The minimum atomic E-state index is -3.41. The predicted octanol–water partition coefficient (Wildman–Crippen LogP) is 4.16. The van der Waals surface area contributed by atoms with Crippen LogP contribution >= 0.6 is 0 Å². The summed E-state index contributed by atoms with van der Waals surface area (Å²) in [7, 11) is -3.41. The number of unbranched alkanes of at least 4 members (excludes halogenated alkanes) is 2. The highest BCUT2D eigenvalue weighted by Gasteiger charge is 2.33. The highest BCUT2D eigenvalue weighted by atomic mass is 32.2. The number of sulfone groups is 1. The Morgan fingerprint density at radius 3 is 1.90 bits per heavy atom. The Bertz CT molecular complexity index is 699. The number of anilines is 2. The molecule has 3 nitrogen and oxygen atoms in total. The Morgan fingerprint density at radius 2 is 1.38 bits per heavy atom. The molecule has 110 valence electrons. The molecule has 0 saturated heterocycles. The van der Waals surface area contributed by atoms with Crippen molar-refractivity contribution in [2.75, 3.05) is 11.4 Å². The van der Waals surface area contributed by atoms with E-state index in [0.717, 1.165) is 37.2 Å². The van der Waals surface area contributed by atoms with Gasteiger partial charge in [-0.1, -0.05) is 44.0 Å². The topological polar surface area (TPSA) is 37.4 Å². The van der Waals surface area contributed by atoms with E-state index in [1.54, 1.807) is 24.3 Å². The zero-order chi connectivity index (χ0) is 14.9. The molecule has 0 atom stereocenters. The quantitative estimate of drug-likeness (QED) is 0.796. The number of rotatable bonds is 4. The molecule has 1 heterocycles. The second kappa shape index (κ2) is 5.53. The third-order valence-electron chi connectivity index (χ3n) is 3.88. The van der Waals surface area contributed by atoms with Gasteiger partial charge < -0.3 is 4.90 Å². The van der Waals surface area contributed by atoms with Crippen molar-refractivity contribution in [1.82, 2.24) is 0 Å².